The summed E-state index contributed by atoms with van der Waals surface area (Å²) in [5, 5.41) is 0. The Morgan fingerprint density at radius 2 is 1.72 bits per heavy atom. The number of carbonyl (C=O) groups is 1. The van der Waals surface area contributed by atoms with Crippen LogP contribution in [0.2, 0.25) is 0 Å². The number of urea groups is 1. The highest BCUT2D eigenvalue weighted by molar-refractivity contribution is 5.94. The minimum Gasteiger partial charge on any atom is -0.319 e. The molecule has 2 fully saturated rings. The van der Waals surface area contributed by atoms with Gasteiger partial charge in [0, 0.05) is 24.5 Å². The van der Waals surface area contributed by atoms with Crippen molar-refractivity contribution in [1.29, 1.82) is 0 Å². The van der Waals surface area contributed by atoms with Crippen LogP contribution in [0.1, 0.15) is 37.3 Å². The van der Waals surface area contributed by atoms with Gasteiger partial charge in [-0.25, -0.2) is 14.8 Å². The highest BCUT2D eigenvalue weighted by Gasteiger charge is 2.48. The van der Waals surface area contributed by atoms with Gasteiger partial charge in [0.25, 0.3) is 0 Å². The molecule has 1 saturated heterocycles. The standard InChI is InChI=1S/C20H20N4O/c1-2-23-17-9-6-10-18(17)24(20(23)25)19-21-13-16(14-22-19)12-11-15-7-4-3-5-8-15/h3-5,7-8,13-14,17-18H,2,6,9-10H2,1H3/t17-,18+/m0/s1. The van der Waals surface area contributed by atoms with Crippen LogP contribution < -0.4 is 4.90 Å². The Kier molecular flexibility index (Phi) is 4.10. The molecule has 2 atom stereocenters. The van der Waals surface area contributed by atoms with Gasteiger partial charge in [0.2, 0.25) is 5.95 Å². The zero-order valence-electron chi connectivity index (χ0n) is 14.2. The van der Waals surface area contributed by atoms with Gasteiger partial charge in [0.1, 0.15) is 0 Å². The molecule has 0 radical (unpaired) electrons. The number of nitrogens with zero attached hydrogens (tertiary/aromatic N) is 4. The minimum absolute atomic E-state index is 0.0281. The maximum absolute atomic E-state index is 12.7. The molecular weight excluding hydrogens is 312 g/mol. The Balaban J connectivity index is 1.56. The molecule has 0 spiro atoms. The first-order valence-electron chi connectivity index (χ1n) is 8.77. The minimum atomic E-state index is 0.0281. The highest BCUT2D eigenvalue weighted by Crippen LogP contribution is 2.36. The van der Waals surface area contributed by atoms with Crippen molar-refractivity contribution in [2.75, 3.05) is 11.4 Å². The molecule has 4 rings (SSSR count). The maximum atomic E-state index is 12.7. The van der Waals surface area contributed by atoms with E-state index >= 15 is 0 Å². The lowest BCUT2D eigenvalue weighted by molar-refractivity contribution is 0.207. The van der Waals surface area contributed by atoms with E-state index in [2.05, 4.69) is 21.8 Å². The molecule has 1 aliphatic carbocycles. The summed E-state index contributed by atoms with van der Waals surface area (Å²) < 4.78 is 0. The molecule has 0 bridgehead atoms. The molecule has 5 nitrogen and oxygen atoms in total. The van der Waals surface area contributed by atoms with Gasteiger partial charge >= 0.3 is 6.03 Å². The van der Waals surface area contributed by atoms with Gasteiger partial charge in [0.05, 0.1) is 17.6 Å². The van der Waals surface area contributed by atoms with Crippen molar-refractivity contribution < 1.29 is 4.79 Å². The summed E-state index contributed by atoms with van der Waals surface area (Å²) in [6, 6.07) is 10.3. The smallest absolute Gasteiger partial charge is 0.319 e. The number of likely N-dealkylation sites (N-methyl/N-ethyl adjacent to an activating group) is 1. The van der Waals surface area contributed by atoms with Gasteiger partial charge in [0.15, 0.2) is 0 Å². The van der Waals surface area contributed by atoms with E-state index in [1.54, 1.807) is 17.3 Å². The number of benzene rings is 1. The van der Waals surface area contributed by atoms with Crippen LogP contribution in [0, 0.1) is 11.8 Å². The molecule has 2 aromatic rings. The van der Waals surface area contributed by atoms with Gasteiger partial charge in [-0.3, -0.25) is 4.90 Å². The van der Waals surface area contributed by atoms with E-state index in [-0.39, 0.29) is 12.1 Å². The van der Waals surface area contributed by atoms with Crippen LogP contribution in [0.25, 0.3) is 0 Å². The van der Waals surface area contributed by atoms with Crippen molar-refractivity contribution in [2.24, 2.45) is 0 Å². The third-order valence-corrected chi connectivity index (χ3v) is 4.95. The van der Waals surface area contributed by atoms with Crippen molar-refractivity contribution in [3.63, 3.8) is 0 Å². The summed E-state index contributed by atoms with van der Waals surface area (Å²) in [6.07, 6.45) is 6.64. The average Bonchev–Trinajstić information content (AvgIpc) is 3.21. The van der Waals surface area contributed by atoms with Crippen molar-refractivity contribution in [1.82, 2.24) is 14.9 Å². The van der Waals surface area contributed by atoms with Gasteiger partial charge in [-0.2, -0.15) is 0 Å². The number of aromatic nitrogens is 2. The predicted molar refractivity (Wildman–Crippen MR) is 96.1 cm³/mol. The third kappa shape index (κ3) is 2.85. The Morgan fingerprint density at radius 1 is 1.04 bits per heavy atom. The maximum Gasteiger partial charge on any atom is 0.327 e. The monoisotopic (exact) mass is 332 g/mol. The Labute approximate surface area is 147 Å². The molecule has 2 heterocycles. The van der Waals surface area contributed by atoms with Crippen LogP contribution in [-0.4, -0.2) is 39.5 Å². The van der Waals surface area contributed by atoms with Crippen LogP contribution in [0.5, 0.6) is 0 Å². The fourth-order valence-corrected chi connectivity index (χ4v) is 3.79. The lowest BCUT2D eigenvalue weighted by Gasteiger charge is -2.19. The van der Waals surface area contributed by atoms with Gasteiger partial charge in [-0.05, 0) is 38.3 Å². The Hall–Kier alpha value is -2.87. The summed E-state index contributed by atoms with van der Waals surface area (Å²) in [7, 11) is 0. The lowest BCUT2D eigenvalue weighted by atomic mass is 10.2. The topological polar surface area (TPSA) is 49.3 Å². The van der Waals surface area contributed by atoms with E-state index < -0.39 is 0 Å². The SMILES string of the molecule is CCN1C(=O)N(c2ncc(C#Cc3ccccc3)cn2)[C@@H]2CCC[C@@H]21. The molecule has 2 amide bonds. The van der Waals surface area contributed by atoms with Crippen molar-refractivity contribution in [3.05, 3.63) is 53.9 Å². The first kappa shape index (κ1) is 15.6. The zero-order valence-corrected chi connectivity index (χ0v) is 14.2. The number of amides is 2. The molecule has 1 aromatic carbocycles. The molecule has 2 aliphatic rings. The summed E-state index contributed by atoms with van der Waals surface area (Å²) in [5.74, 6) is 6.65. The second-order valence-corrected chi connectivity index (χ2v) is 6.39. The fraction of sp³-hybridized carbons (Fsp3) is 0.350. The summed E-state index contributed by atoms with van der Waals surface area (Å²) >= 11 is 0. The first-order valence-corrected chi connectivity index (χ1v) is 8.77. The largest absolute Gasteiger partial charge is 0.327 e. The van der Waals surface area contributed by atoms with Crippen LogP contribution in [0.4, 0.5) is 10.7 Å². The summed E-state index contributed by atoms with van der Waals surface area (Å²) in [4.78, 5) is 25.2. The van der Waals surface area contributed by atoms with Crippen LogP contribution >= 0.6 is 0 Å². The number of anilines is 1. The van der Waals surface area contributed by atoms with E-state index in [0.717, 1.165) is 36.9 Å². The van der Waals surface area contributed by atoms with E-state index in [4.69, 9.17) is 0 Å². The van der Waals surface area contributed by atoms with E-state index in [0.29, 0.717) is 12.0 Å². The fourth-order valence-electron chi connectivity index (χ4n) is 3.79. The number of hydrogen-bond acceptors (Lipinski definition) is 3. The Bertz CT molecular complexity index is 822. The van der Waals surface area contributed by atoms with E-state index in [1.165, 1.54) is 0 Å². The lowest BCUT2D eigenvalue weighted by Crippen LogP contribution is -2.36. The van der Waals surface area contributed by atoms with Crippen molar-refractivity contribution in [2.45, 2.75) is 38.3 Å². The predicted octanol–water partition coefficient (Wildman–Crippen LogP) is 3.06. The van der Waals surface area contributed by atoms with Crippen molar-refractivity contribution >= 4 is 12.0 Å². The van der Waals surface area contributed by atoms with Crippen LogP contribution in [0.15, 0.2) is 42.7 Å². The number of fused-ring (bicyclic) bond motifs is 1. The normalized spacial score (nSPS) is 21.9. The van der Waals surface area contributed by atoms with Gasteiger partial charge in [-0.15, -0.1) is 0 Å². The number of rotatable bonds is 2. The molecule has 0 unspecified atom stereocenters. The van der Waals surface area contributed by atoms with Gasteiger partial charge < -0.3 is 4.90 Å². The molecular formula is C20H20N4O. The highest BCUT2D eigenvalue weighted by atomic mass is 16.2. The van der Waals surface area contributed by atoms with Crippen molar-refractivity contribution in [3.8, 4) is 11.8 Å². The average molecular weight is 332 g/mol. The van der Waals surface area contributed by atoms with Crippen LogP contribution in [0.3, 0.4) is 0 Å². The summed E-state index contributed by atoms with van der Waals surface area (Å²) in [6.45, 7) is 2.76. The second kappa shape index (κ2) is 6.56. The number of hydrogen-bond donors (Lipinski definition) is 0. The van der Waals surface area contributed by atoms with Crippen LogP contribution in [-0.2, 0) is 0 Å². The first-order chi connectivity index (χ1) is 12.3. The molecule has 5 heteroatoms. The Morgan fingerprint density at radius 3 is 2.44 bits per heavy atom. The molecule has 25 heavy (non-hydrogen) atoms. The van der Waals surface area contributed by atoms with Gasteiger partial charge in [-0.1, -0.05) is 30.0 Å². The molecule has 1 saturated carbocycles. The summed E-state index contributed by atoms with van der Waals surface area (Å²) in [5.41, 5.74) is 1.70. The molecule has 1 aliphatic heterocycles. The second-order valence-electron chi connectivity index (χ2n) is 6.39. The quantitative estimate of drug-likeness (QED) is 0.794. The number of carbonyl (C=O) groups excluding carboxylic acids is 1. The van der Waals surface area contributed by atoms with E-state index in [9.17, 15) is 4.79 Å². The third-order valence-electron chi connectivity index (χ3n) is 4.95. The molecule has 1 aromatic heterocycles. The zero-order chi connectivity index (χ0) is 17.2. The molecule has 0 N–H and O–H groups in total. The molecule has 126 valence electrons. The van der Waals surface area contributed by atoms with E-state index in [1.807, 2.05) is 42.2 Å².